The maximum absolute atomic E-state index is 11.2. The van der Waals surface area contributed by atoms with Gasteiger partial charge >= 0.3 is 0 Å². The normalized spacial score (nSPS) is 16.8. The highest BCUT2D eigenvalue weighted by Gasteiger charge is 2.14. The summed E-state index contributed by atoms with van der Waals surface area (Å²) in [6, 6.07) is 0.246. The Balaban J connectivity index is 2.64. The van der Waals surface area contributed by atoms with Crippen LogP contribution in [0.3, 0.4) is 0 Å². The zero-order valence-corrected chi connectivity index (χ0v) is 7.27. The Bertz CT molecular complexity index is 243. The van der Waals surface area contributed by atoms with Crippen LogP contribution in [0.15, 0.2) is 24.3 Å². The van der Waals surface area contributed by atoms with E-state index >= 15 is 0 Å². The van der Waals surface area contributed by atoms with Crippen LogP contribution in [-0.4, -0.2) is 11.9 Å². The van der Waals surface area contributed by atoms with E-state index < -0.39 is 0 Å². The molecule has 1 rings (SSSR count). The fourth-order valence-electron chi connectivity index (χ4n) is 0.884. The van der Waals surface area contributed by atoms with E-state index in [1.807, 2.05) is 13.8 Å². The predicted octanol–water partition coefficient (Wildman–Crippen LogP) is 0.0164. The third-order valence-corrected chi connectivity index (χ3v) is 1.34. The number of rotatable bonds is 2. The molecular formula is C8H13N3O. The Morgan fingerprint density at radius 3 is 2.75 bits per heavy atom. The fraction of sp³-hybridized carbons (Fsp3) is 0.375. The smallest absolute Gasteiger partial charge is 0.274 e. The van der Waals surface area contributed by atoms with Crippen molar-refractivity contribution in [3.05, 3.63) is 24.3 Å². The summed E-state index contributed by atoms with van der Waals surface area (Å²) < 4.78 is 0. The minimum Gasteiger partial charge on any atom is -0.377 e. The first-order valence-electron chi connectivity index (χ1n) is 3.83. The van der Waals surface area contributed by atoms with E-state index in [9.17, 15) is 4.79 Å². The molecule has 4 heteroatoms. The summed E-state index contributed by atoms with van der Waals surface area (Å²) in [7, 11) is 0. The van der Waals surface area contributed by atoms with Gasteiger partial charge in [-0.3, -0.25) is 4.79 Å². The Hall–Kier alpha value is -1.45. The highest BCUT2D eigenvalue weighted by Crippen LogP contribution is 1.97. The molecule has 0 aromatic rings. The highest BCUT2D eigenvalue weighted by atomic mass is 16.2. The lowest BCUT2D eigenvalue weighted by atomic mass is 10.3. The molecule has 1 aliphatic heterocycles. The Labute approximate surface area is 71.7 Å². The Morgan fingerprint density at radius 1 is 1.58 bits per heavy atom. The second-order valence-electron chi connectivity index (χ2n) is 2.93. The van der Waals surface area contributed by atoms with E-state index in [-0.39, 0.29) is 11.9 Å². The molecule has 66 valence electrons. The van der Waals surface area contributed by atoms with Gasteiger partial charge in [-0.2, -0.15) is 0 Å². The number of hydrogen-bond donors (Lipinski definition) is 3. The quantitative estimate of drug-likeness (QED) is 0.543. The van der Waals surface area contributed by atoms with Crippen molar-refractivity contribution in [2.24, 2.45) is 0 Å². The van der Waals surface area contributed by atoms with Crippen molar-refractivity contribution in [1.82, 2.24) is 16.0 Å². The molecule has 1 amide bonds. The molecule has 0 spiro atoms. The van der Waals surface area contributed by atoms with Gasteiger partial charge in [-0.1, -0.05) is 6.58 Å². The molecule has 4 nitrogen and oxygen atoms in total. The van der Waals surface area contributed by atoms with Gasteiger partial charge in [-0.15, -0.1) is 0 Å². The van der Waals surface area contributed by atoms with Crippen molar-refractivity contribution >= 4 is 5.91 Å². The van der Waals surface area contributed by atoms with E-state index in [4.69, 9.17) is 0 Å². The first kappa shape index (κ1) is 8.64. The molecule has 0 saturated carbocycles. The van der Waals surface area contributed by atoms with Crippen LogP contribution in [0.25, 0.3) is 0 Å². The van der Waals surface area contributed by atoms with Gasteiger partial charge in [0.05, 0.1) is 0 Å². The number of carbonyl (C=O) groups is 1. The topological polar surface area (TPSA) is 53.2 Å². The zero-order chi connectivity index (χ0) is 9.14. The standard InChI is InChI=1S/C8H13N3O/c1-5(2)10-7-4-9-6(3)11-8(7)12/h4-5,9-10H,3H2,1-2H3,(H,11,12). The van der Waals surface area contributed by atoms with E-state index in [1.165, 1.54) is 0 Å². The minimum atomic E-state index is -0.146. The summed E-state index contributed by atoms with van der Waals surface area (Å²) in [4.78, 5) is 11.2. The average molecular weight is 167 g/mol. The molecule has 0 aromatic carbocycles. The lowest BCUT2D eigenvalue weighted by molar-refractivity contribution is -0.117. The molecule has 1 heterocycles. The van der Waals surface area contributed by atoms with Gasteiger partial charge in [0.25, 0.3) is 5.91 Å². The van der Waals surface area contributed by atoms with Crippen LogP contribution in [0, 0.1) is 0 Å². The summed E-state index contributed by atoms with van der Waals surface area (Å²) in [5.41, 5.74) is 0.539. The molecule has 1 aliphatic rings. The molecule has 0 aliphatic carbocycles. The molecule has 0 radical (unpaired) electrons. The van der Waals surface area contributed by atoms with Crippen molar-refractivity contribution in [1.29, 1.82) is 0 Å². The predicted molar refractivity (Wildman–Crippen MR) is 46.8 cm³/mol. The van der Waals surface area contributed by atoms with Crippen LogP contribution >= 0.6 is 0 Å². The largest absolute Gasteiger partial charge is 0.377 e. The van der Waals surface area contributed by atoms with Crippen molar-refractivity contribution in [3.63, 3.8) is 0 Å². The van der Waals surface area contributed by atoms with Crippen LogP contribution in [0.1, 0.15) is 13.8 Å². The van der Waals surface area contributed by atoms with Crippen LogP contribution < -0.4 is 16.0 Å². The van der Waals surface area contributed by atoms with Crippen molar-refractivity contribution in [2.75, 3.05) is 0 Å². The number of hydrogen-bond acceptors (Lipinski definition) is 3. The van der Waals surface area contributed by atoms with Gasteiger partial charge in [-0.05, 0) is 13.8 Å². The van der Waals surface area contributed by atoms with E-state index in [1.54, 1.807) is 6.20 Å². The summed E-state index contributed by atoms with van der Waals surface area (Å²) in [6.45, 7) is 7.50. The van der Waals surface area contributed by atoms with Gasteiger partial charge in [0.2, 0.25) is 0 Å². The number of carbonyl (C=O) groups excluding carboxylic acids is 1. The number of nitrogens with one attached hydrogen (secondary N) is 3. The van der Waals surface area contributed by atoms with Crippen molar-refractivity contribution < 1.29 is 4.79 Å². The van der Waals surface area contributed by atoms with E-state index in [0.717, 1.165) is 0 Å². The summed E-state index contributed by atoms with van der Waals surface area (Å²) in [5.74, 6) is 0.363. The van der Waals surface area contributed by atoms with Crippen LogP contribution in [-0.2, 0) is 4.79 Å². The minimum absolute atomic E-state index is 0.146. The first-order valence-corrected chi connectivity index (χ1v) is 3.83. The summed E-state index contributed by atoms with van der Waals surface area (Å²) in [5, 5.41) is 8.37. The monoisotopic (exact) mass is 167 g/mol. The SMILES string of the molecule is C=C1NC=C(NC(C)C)C(=O)N1. The Morgan fingerprint density at radius 2 is 2.25 bits per heavy atom. The third-order valence-electron chi connectivity index (χ3n) is 1.34. The lowest BCUT2D eigenvalue weighted by Gasteiger charge is -2.19. The second kappa shape index (κ2) is 3.30. The van der Waals surface area contributed by atoms with Gasteiger partial charge in [0.1, 0.15) is 11.5 Å². The molecule has 0 unspecified atom stereocenters. The number of amides is 1. The van der Waals surface area contributed by atoms with E-state index in [2.05, 4.69) is 22.5 Å². The van der Waals surface area contributed by atoms with Crippen molar-refractivity contribution in [2.45, 2.75) is 19.9 Å². The first-order chi connectivity index (χ1) is 5.59. The van der Waals surface area contributed by atoms with Crippen LogP contribution in [0.2, 0.25) is 0 Å². The summed E-state index contributed by atoms with van der Waals surface area (Å²) in [6.07, 6.45) is 1.61. The highest BCUT2D eigenvalue weighted by molar-refractivity contribution is 5.94. The maximum Gasteiger partial charge on any atom is 0.274 e. The van der Waals surface area contributed by atoms with Crippen LogP contribution in [0.4, 0.5) is 0 Å². The molecule has 3 N–H and O–H groups in total. The van der Waals surface area contributed by atoms with Gasteiger partial charge in [-0.25, -0.2) is 0 Å². The summed E-state index contributed by atoms with van der Waals surface area (Å²) >= 11 is 0. The molecule has 0 bridgehead atoms. The maximum atomic E-state index is 11.2. The molecule has 0 aromatic heterocycles. The second-order valence-corrected chi connectivity index (χ2v) is 2.93. The zero-order valence-electron chi connectivity index (χ0n) is 7.27. The van der Waals surface area contributed by atoms with Gasteiger partial charge < -0.3 is 16.0 Å². The lowest BCUT2D eigenvalue weighted by Crippen LogP contribution is -2.41. The molecule has 0 atom stereocenters. The average Bonchev–Trinajstić information content (AvgIpc) is 1.94. The fourth-order valence-corrected chi connectivity index (χ4v) is 0.884. The van der Waals surface area contributed by atoms with Crippen molar-refractivity contribution in [3.8, 4) is 0 Å². The Kier molecular flexibility index (Phi) is 2.38. The molecule has 0 saturated heterocycles. The van der Waals surface area contributed by atoms with Gasteiger partial charge in [0.15, 0.2) is 0 Å². The van der Waals surface area contributed by atoms with E-state index in [0.29, 0.717) is 11.5 Å². The van der Waals surface area contributed by atoms with Gasteiger partial charge in [0, 0.05) is 12.2 Å². The molecular weight excluding hydrogens is 154 g/mol. The third kappa shape index (κ3) is 2.02. The molecule has 12 heavy (non-hydrogen) atoms. The molecule has 0 fully saturated rings. The van der Waals surface area contributed by atoms with Crippen LogP contribution in [0.5, 0.6) is 0 Å².